The number of hydrogen-bond donors (Lipinski definition) is 1. The van der Waals surface area contributed by atoms with Crippen LogP contribution in [0.1, 0.15) is 0 Å². The summed E-state index contributed by atoms with van der Waals surface area (Å²) in [5.41, 5.74) is 1.12. The van der Waals surface area contributed by atoms with Crippen LogP contribution in [-0.4, -0.2) is 42.2 Å². The van der Waals surface area contributed by atoms with Crippen molar-refractivity contribution in [3.8, 4) is 0 Å². The number of para-hydroxylation sites is 1. The van der Waals surface area contributed by atoms with Crippen molar-refractivity contribution < 1.29 is 0 Å². The van der Waals surface area contributed by atoms with Gasteiger partial charge in [-0.1, -0.05) is 18.2 Å². The molecule has 0 spiro atoms. The van der Waals surface area contributed by atoms with E-state index in [0.717, 1.165) is 50.2 Å². The van der Waals surface area contributed by atoms with Gasteiger partial charge in [-0.15, -0.1) is 0 Å². The maximum atomic E-state index is 12.0. The largest absolute Gasteiger partial charge is 0.314 e. The van der Waals surface area contributed by atoms with Crippen molar-refractivity contribution in [2.24, 2.45) is 0 Å². The molecule has 3 rings (SSSR count). The van der Waals surface area contributed by atoms with E-state index in [4.69, 9.17) is 0 Å². The van der Waals surface area contributed by atoms with Crippen LogP contribution in [-0.2, 0) is 6.54 Å². The summed E-state index contributed by atoms with van der Waals surface area (Å²) in [6.07, 6.45) is 0. The average Bonchev–Trinajstić information content (AvgIpc) is 2.47. The lowest BCUT2D eigenvalue weighted by molar-refractivity contribution is 0.232. The first-order chi connectivity index (χ1) is 9.34. The lowest BCUT2D eigenvalue weighted by Gasteiger charge is -2.27. The average molecular weight is 257 g/mol. The second kappa shape index (κ2) is 5.55. The van der Waals surface area contributed by atoms with E-state index in [1.165, 1.54) is 0 Å². The smallest absolute Gasteiger partial charge is 0.251 e. The molecule has 1 fully saturated rings. The molecule has 4 heteroatoms. The van der Waals surface area contributed by atoms with Crippen LogP contribution in [0.4, 0.5) is 0 Å². The van der Waals surface area contributed by atoms with Gasteiger partial charge in [-0.25, -0.2) is 0 Å². The van der Waals surface area contributed by atoms with Gasteiger partial charge in [-0.2, -0.15) is 0 Å². The molecule has 4 nitrogen and oxygen atoms in total. The Morgan fingerprint density at radius 3 is 2.63 bits per heavy atom. The molecule has 2 heterocycles. The van der Waals surface area contributed by atoms with Gasteiger partial charge < -0.3 is 9.88 Å². The summed E-state index contributed by atoms with van der Waals surface area (Å²) >= 11 is 0. The Hall–Kier alpha value is -1.65. The van der Waals surface area contributed by atoms with Crippen LogP contribution in [0.3, 0.4) is 0 Å². The van der Waals surface area contributed by atoms with Crippen LogP contribution in [0.15, 0.2) is 41.2 Å². The number of pyridine rings is 1. The topological polar surface area (TPSA) is 37.3 Å². The summed E-state index contributed by atoms with van der Waals surface area (Å²) in [6, 6.07) is 11.6. The Balaban J connectivity index is 1.83. The van der Waals surface area contributed by atoms with E-state index in [9.17, 15) is 4.79 Å². The van der Waals surface area contributed by atoms with Gasteiger partial charge in [0.15, 0.2) is 0 Å². The molecule has 1 aromatic heterocycles. The van der Waals surface area contributed by atoms with E-state index in [1.807, 2.05) is 28.8 Å². The number of piperazine rings is 1. The lowest BCUT2D eigenvalue weighted by Crippen LogP contribution is -2.45. The molecule has 1 aromatic carbocycles. The van der Waals surface area contributed by atoms with E-state index >= 15 is 0 Å². The molecule has 19 heavy (non-hydrogen) atoms. The van der Waals surface area contributed by atoms with Crippen LogP contribution in [0.25, 0.3) is 10.9 Å². The molecule has 0 atom stereocenters. The summed E-state index contributed by atoms with van der Waals surface area (Å²) in [7, 11) is 0. The van der Waals surface area contributed by atoms with E-state index in [2.05, 4.69) is 16.3 Å². The molecule has 0 amide bonds. The molecule has 0 bridgehead atoms. The first-order valence-electron chi connectivity index (χ1n) is 6.86. The predicted octanol–water partition coefficient (Wildman–Crippen LogP) is 0.907. The quantitative estimate of drug-likeness (QED) is 0.888. The summed E-state index contributed by atoms with van der Waals surface area (Å²) in [4.78, 5) is 14.4. The first-order valence-corrected chi connectivity index (χ1v) is 6.86. The Bertz CT molecular complexity index is 614. The summed E-state index contributed by atoms with van der Waals surface area (Å²) < 4.78 is 1.89. The van der Waals surface area contributed by atoms with Crippen molar-refractivity contribution in [3.05, 3.63) is 46.8 Å². The second-order valence-corrected chi connectivity index (χ2v) is 4.97. The van der Waals surface area contributed by atoms with Gasteiger partial charge in [0.1, 0.15) is 0 Å². The summed E-state index contributed by atoms with van der Waals surface area (Å²) in [5.74, 6) is 0. The molecule has 2 aromatic rings. The number of hydrogen-bond acceptors (Lipinski definition) is 3. The highest BCUT2D eigenvalue weighted by Crippen LogP contribution is 2.10. The fourth-order valence-corrected chi connectivity index (χ4v) is 2.65. The maximum Gasteiger partial charge on any atom is 0.251 e. The SMILES string of the molecule is O=c1ccc2ccccc2n1CCN1CCNCC1. The standard InChI is InChI=1S/C15H19N3O/c19-15-6-5-13-3-1-2-4-14(13)18(15)12-11-17-9-7-16-8-10-17/h1-6,16H,7-12H2. The number of fused-ring (bicyclic) bond motifs is 1. The molecule has 1 aliphatic rings. The molecule has 1 N–H and O–H groups in total. The molecule has 0 aliphatic carbocycles. The van der Waals surface area contributed by atoms with Gasteiger partial charge in [-0.05, 0) is 17.5 Å². The zero-order valence-electron chi connectivity index (χ0n) is 11.0. The minimum Gasteiger partial charge on any atom is -0.314 e. The van der Waals surface area contributed by atoms with E-state index in [0.29, 0.717) is 0 Å². The number of benzene rings is 1. The van der Waals surface area contributed by atoms with Crippen molar-refractivity contribution in [3.63, 3.8) is 0 Å². The Morgan fingerprint density at radius 2 is 1.79 bits per heavy atom. The zero-order chi connectivity index (χ0) is 13.1. The van der Waals surface area contributed by atoms with E-state index < -0.39 is 0 Å². The second-order valence-electron chi connectivity index (χ2n) is 4.97. The Labute approximate surface area is 112 Å². The summed E-state index contributed by atoms with van der Waals surface area (Å²) in [6.45, 7) is 5.93. The van der Waals surface area contributed by atoms with Crippen molar-refractivity contribution >= 4 is 10.9 Å². The third-order valence-electron chi connectivity index (χ3n) is 3.75. The number of nitrogens with zero attached hydrogens (tertiary/aromatic N) is 2. The molecule has 1 aliphatic heterocycles. The van der Waals surface area contributed by atoms with Crippen LogP contribution in [0.5, 0.6) is 0 Å². The molecule has 1 saturated heterocycles. The van der Waals surface area contributed by atoms with Gasteiger partial charge >= 0.3 is 0 Å². The van der Waals surface area contributed by atoms with E-state index in [1.54, 1.807) is 6.07 Å². The van der Waals surface area contributed by atoms with Crippen molar-refractivity contribution in [2.45, 2.75) is 6.54 Å². The third-order valence-corrected chi connectivity index (χ3v) is 3.75. The third kappa shape index (κ3) is 2.69. The monoisotopic (exact) mass is 257 g/mol. The van der Waals surface area contributed by atoms with Crippen molar-refractivity contribution in [2.75, 3.05) is 32.7 Å². The number of rotatable bonds is 3. The van der Waals surface area contributed by atoms with Crippen LogP contribution in [0, 0.1) is 0 Å². The van der Waals surface area contributed by atoms with E-state index in [-0.39, 0.29) is 5.56 Å². The van der Waals surface area contributed by atoms with Crippen molar-refractivity contribution in [1.29, 1.82) is 0 Å². The normalized spacial score (nSPS) is 16.8. The maximum absolute atomic E-state index is 12.0. The van der Waals surface area contributed by atoms with Gasteiger partial charge in [0, 0.05) is 45.3 Å². The highest BCUT2D eigenvalue weighted by molar-refractivity contribution is 5.78. The minimum atomic E-state index is 0.0915. The lowest BCUT2D eigenvalue weighted by atomic mass is 10.2. The summed E-state index contributed by atoms with van der Waals surface area (Å²) in [5, 5.41) is 4.47. The van der Waals surface area contributed by atoms with Gasteiger partial charge in [0.2, 0.25) is 0 Å². The van der Waals surface area contributed by atoms with Gasteiger partial charge in [-0.3, -0.25) is 9.69 Å². The van der Waals surface area contributed by atoms with Crippen molar-refractivity contribution in [1.82, 2.24) is 14.8 Å². The predicted molar refractivity (Wildman–Crippen MR) is 77.5 cm³/mol. The minimum absolute atomic E-state index is 0.0915. The Morgan fingerprint density at radius 1 is 1.00 bits per heavy atom. The highest BCUT2D eigenvalue weighted by atomic mass is 16.1. The Kier molecular flexibility index (Phi) is 3.62. The number of aromatic nitrogens is 1. The molecular formula is C15H19N3O. The van der Waals surface area contributed by atoms with Crippen LogP contribution >= 0.6 is 0 Å². The molecule has 0 unspecified atom stereocenters. The van der Waals surface area contributed by atoms with Gasteiger partial charge in [0.05, 0.1) is 5.52 Å². The highest BCUT2D eigenvalue weighted by Gasteiger charge is 2.10. The molecule has 100 valence electrons. The first kappa shape index (κ1) is 12.4. The van der Waals surface area contributed by atoms with Crippen LogP contribution < -0.4 is 10.9 Å². The van der Waals surface area contributed by atoms with Gasteiger partial charge in [0.25, 0.3) is 5.56 Å². The molecule has 0 saturated carbocycles. The zero-order valence-corrected chi connectivity index (χ0v) is 11.0. The fraction of sp³-hybridized carbons (Fsp3) is 0.400. The van der Waals surface area contributed by atoms with Crippen LogP contribution in [0.2, 0.25) is 0 Å². The fourth-order valence-electron chi connectivity index (χ4n) is 2.65. The molecular weight excluding hydrogens is 238 g/mol. The molecule has 0 radical (unpaired) electrons. The number of nitrogens with one attached hydrogen (secondary N) is 1.